The number of nitrogens with zero attached hydrogens (tertiary/aromatic N) is 2. The van der Waals surface area contributed by atoms with Crippen LogP contribution >= 0.6 is 0 Å². The average Bonchev–Trinajstić information content (AvgIpc) is 3.18. The van der Waals surface area contributed by atoms with Crippen molar-refractivity contribution in [1.82, 2.24) is 0 Å². The van der Waals surface area contributed by atoms with E-state index in [4.69, 9.17) is 9.47 Å². The number of esters is 1. The second-order valence-electron chi connectivity index (χ2n) is 6.47. The zero-order chi connectivity index (χ0) is 19.2. The molecular weight excluding hydrogens is 344 g/mol. The van der Waals surface area contributed by atoms with Crippen LogP contribution in [0.5, 0.6) is 5.75 Å². The number of benzene rings is 2. The normalized spacial score (nSPS) is 18.2. The monoisotopic (exact) mass is 368 g/mol. The molecule has 0 aromatic heterocycles. The fourth-order valence-electron chi connectivity index (χ4n) is 3.53. The van der Waals surface area contributed by atoms with E-state index in [1.54, 1.807) is 7.11 Å². The van der Waals surface area contributed by atoms with Gasteiger partial charge in [-0.1, -0.05) is 18.2 Å². The molecule has 1 fully saturated rings. The van der Waals surface area contributed by atoms with E-state index in [1.807, 2.05) is 54.6 Å². The Morgan fingerprint density at radius 2 is 1.89 bits per heavy atom. The van der Waals surface area contributed by atoms with Gasteiger partial charge in [0.25, 0.3) is 6.04 Å². The van der Waals surface area contributed by atoms with Crippen molar-refractivity contribution in [3.63, 3.8) is 0 Å². The Kier molecular flexibility index (Phi) is 5.96. The van der Waals surface area contributed by atoms with Crippen LogP contribution < -0.4 is 9.64 Å². The molecule has 1 aliphatic heterocycles. The van der Waals surface area contributed by atoms with Gasteiger partial charge >= 0.3 is 5.97 Å². The molecule has 1 heterocycles. The second kappa shape index (κ2) is 8.58. The van der Waals surface area contributed by atoms with Crippen LogP contribution in [0.15, 0.2) is 54.6 Å². The molecule has 0 spiro atoms. The Hall–Kier alpha value is -3.02. The lowest BCUT2D eigenvalue weighted by Gasteiger charge is -2.30. The minimum Gasteiger partial charge on any atom is -0.623 e. The van der Waals surface area contributed by atoms with Crippen molar-refractivity contribution < 1.29 is 19.0 Å². The van der Waals surface area contributed by atoms with Gasteiger partial charge in [0.05, 0.1) is 14.2 Å². The van der Waals surface area contributed by atoms with Crippen LogP contribution in [0.4, 0.5) is 5.69 Å². The first-order valence-electron chi connectivity index (χ1n) is 8.98. The summed E-state index contributed by atoms with van der Waals surface area (Å²) in [7, 11) is 2.94. The smallest absolute Gasteiger partial charge is 0.378 e. The van der Waals surface area contributed by atoms with Gasteiger partial charge in [0.15, 0.2) is 6.21 Å². The van der Waals surface area contributed by atoms with Crippen molar-refractivity contribution >= 4 is 17.9 Å². The van der Waals surface area contributed by atoms with Gasteiger partial charge in [-0.3, -0.25) is 0 Å². The first-order chi connectivity index (χ1) is 13.1. The fraction of sp³-hybridized carbons (Fsp3) is 0.333. The number of carbonyl (C=O) groups is 1. The standard InChI is InChI=1S/C21H24N2O4/c1-26-18-12-10-17(11-13-18)22-14-6-9-19(22)20(21(24)27-2)23(25)15-16-7-4-3-5-8-16/h3-5,7-8,10-13,15,19-20H,6,9,14H2,1-2H3/b23-15-. The third kappa shape index (κ3) is 4.22. The Balaban J connectivity index is 1.91. The van der Waals surface area contributed by atoms with Crippen molar-refractivity contribution in [3.05, 3.63) is 65.4 Å². The Morgan fingerprint density at radius 3 is 2.52 bits per heavy atom. The molecule has 2 atom stereocenters. The van der Waals surface area contributed by atoms with E-state index in [1.165, 1.54) is 13.3 Å². The van der Waals surface area contributed by atoms with Gasteiger partial charge in [-0.15, -0.1) is 0 Å². The van der Waals surface area contributed by atoms with Crippen LogP contribution in [-0.2, 0) is 9.53 Å². The summed E-state index contributed by atoms with van der Waals surface area (Å²) in [5, 5.41) is 12.9. The number of carbonyl (C=O) groups excluding carboxylic acids is 1. The lowest BCUT2D eigenvalue weighted by molar-refractivity contribution is -0.487. The Labute approximate surface area is 159 Å². The summed E-state index contributed by atoms with van der Waals surface area (Å²) in [5.74, 6) is 0.240. The van der Waals surface area contributed by atoms with Crippen LogP contribution in [0, 0.1) is 5.21 Å². The first-order valence-corrected chi connectivity index (χ1v) is 8.98. The molecule has 1 saturated heterocycles. The van der Waals surface area contributed by atoms with E-state index in [0.717, 1.165) is 41.1 Å². The topological polar surface area (TPSA) is 64.8 Å². The molecule has 1 aliphatic rings. The fourth-order valence-corrected chi connectivity index (χ4v) is 3.53. The highest BCUT2D eigenvalue weighted by Crippen LogP contribution is 2.30. The minimum absolute atomic E-state index is 0.261. The van der Waals surface area contributed by atoms with Gasteiger partial charge in [-0.25, -0.2) is 4.79 Å². The summed E-state index contributed by atoms with van der Waals surface area (Å²) < 4.78 is 10.9. The van der Waals surface area contributed by atoms with Crippen molar-refractivity contribution in [3.8, 4) is 5.75 Å². The molecule has 0 saturated carbocycles. The third-order valence-electron chi connectivity index (χ3n) is 4.86. The first kappa shape index (κ1) is 18.8. The maximum Gasteiger partial charge on any atom is 0.378 e. The maximum absolute atomic E-state index is 12.9. The van der Waals surface area contributed by atoms with E-state index in [9.17, 15) is 10.0 Å². The van der Waals surface area contributed by atoms with Gasteiger partial charge in [0.1, 0.15) is 11.8 Å². The molecule has 0 amide bonds. The van der Waals surface area contributed by atoms with Crippen molar-refractivity contribution in [2.24, 2.45) is 0 Å². The number of hydrogen-bond donors (Lipinski definition) is 0. The summed E-state index contributed by atoms with van der Waals surface area (Å²) in [6, 6.07) is 15.7. The van der Waals surface area contributed by atoms with E-state index in [-0.39, 0.29) is 6.04 Å². The van der Waals surface area contributed by atoms with Gasteiger partial charge in [0.2, 0.25) is 0 Å². The molecule has 0 N–H and O–H groups in total. The average molecular weight is 368 g/mol. The quantitative estimate of drug-likeness (QED) is 0.258. The van der Waals surface area contributed by atoms with Crippen LogP contribution in [0.3, 0.4) is 0 Å². The highest BCUT2D eigenvalue weighted by molar-refractivity contribution is 5.80. The van der Waals surface area contributed by atoms with Gasteiger partial charge < -0.3 is 19.6 Å². The van der Waals surface area contributed by atoms with Crippen molar-refractivity contribution in [1.29, 1.82) is 0 Å². The maximum atomic E-state index is 12.9. The molecule has 2 unspecified atom stereocenters. The largest absolute Gasteiger partial charge is 0.623 e. The molecule has 0 bridgehead atoms. The number of anilines is 1. The zero-order valence-corrected chi connectivity index (χ0v) is 15.6. The van der Waals surface area contributed by atoms with Gasteiger partial charge in [-0.05, 0) is 49.2 Å². The van der Waals surface area contributed by atoms with E-state index in [2.05, 4.69) is 4.90 Å². The lowest BCUT2D eigenvalue weighted by Crippen LogP contribution is -2.49. The molecule has 27 heavy (non-hydrogen) atoms. The van der Waals surface area contributed by atoms with Crippen molar-refractivity contribution in [2.75, 3.05) is 25.7 Å². The van der Waals surface area contributed by atoms with Crippen molar-refractivity contribution in [2.45, 2.75) is 24.9 Å². The third-order valence-corrected chi connectivity index (χ3v) is 4.86. The molecule has 6 nitrogen and oxygen atoms in total. The number of ether oxygens (including phenoxy) is 2. The van der Waals surface area contributed by atoms with Crippen LogP contribution in [-0.4, -0.2) is 49.8 Å². The molecule has 6 heteroatoms. The highest BCUT2D eigenvalue weighted by Gasteiger charge is 2.42. The summed E-state index contributed by atoms with van der Waals surface area (Å²) in [6.45, 7) is 0.781. The summed E-state index contributed by atoms with van der Waals surface area (Å²) in [4.78, 5) is 14.6. The minimum atomic E-state index is -0.931. The van der Waals surface area contributed by atoms with Gasteiger partial charge in [0, 0.05) is 17.8 Å². The SMILES string of the molecule is COC(=O)C(C1CCCN1c1ccc(OC)cc1)/[N+]([O-])=C/c1ccccc1. The number of hydrogen-bond acceptors (Lipinski definition) is 5. The Morgan fingerprint density at radius 1 is 1.19 bits per heavy atom. The molecule has 142 valence electrons. The Bertz CT molecular complexity index is 790. The molecule has 2 aromatic carbocycles. The highest BCUT2D eigenvalue weighted by atomic mass is 16.5. The van der Waals surface area contributed by atoms with Gasteiger partial charge in [-0.2, -0.15) is 4.74 Å². The van der Waals surface area contributed by atoms with E-state index >= 15 is 0 Å². The lowest BCUT2D eigenvalue weighted by atomic mass is 10.1. The number of methoxy groups -OCH3 is 2. The molecule has 0 aliphatic carbocycles. The van der Waals surface area contributed by atoms with E-state index < -0.39 is 12.0 Å². The summed E-state index contributed by atoms with van der Waals surface area (Å²) in [6.07, 6.45) is 3.10. The van der Waals surface area contributed by atoms with Crippen LogP contribution in [0.2, 0.25) is 0 Å². The molecule has 3 rings (SSSR count). The zero-order valence-electron chi connectivity index (χ0n) is 15.6. The summed E-state index contributed by atoms with van der Waals surface area (Å²) in [5.41, 5.74) is 1.70. The van der Waals surface area contributed by atoms with Crippen LogP contribution in [0.25, 0.3) is 0 Å². The van der Waals surface area contributed by atoms with E-state index in [0.29, 0.717) is 0 Å². The molecule has 2 aromatic rings. The second-order valence-corrected chi connectivity index (χ2v) is 6.47. The van der Waals surface area contributed by atoms with Crippen LogP contribution in [0.1, 0.15) is 18.4 Å². The number of hydroxylamine groups is 1. The predicted molar refractivity (Wildman–Crippen MR) is 104 cm³/mol. The molecular formula is C21H24N2O4. The summed E-state index contributed by atoms with van der Waals surface area (Å²) >= 11 is 0. The number of rotatable bonds is 6. The predicted octanol–water partition coefficient (Wildman–Crippen LogP) is 2.84. The molecule has 0 radical (unpaired) electrons.